The SMILES string of the molecule is COC(=O)CNC(=O)[C@H](CCCCNC(=O)Cn1cc(CN(Cc2ccccn2)Cc2ccccn2)nn1)NC(C)=O. The second-order valence-electron chi connectivity index (χ2n) is 9.59. The van der Waals surface area contributed by atoms with Crippen molar-refractivity contribution in [2.75, 3.05) is 20.2 Å². The van der Waals surface area contributed by atoms with Gasteiger partial charge in [0.2, 0.25) is 17.7 Å². The first kappa shape index (κ1) is 31.8. The molecule has 14 heteroatoms. The van der Waals surface area contributed by atoms with Gasteiger partial charge in [0.25, 0.3) is 0 Å². The number of carbonyl (C=O) groups is 4. The van der Waals surface area contributed by atoms with E-state index in [0.717, 1.165) is 11.4 Å². The molecular formula is C28H37N9O5. The Labute approximate surface area is 244 Å². The Morgan fingerprint density at radius 3 is 2.19 bits per heavy atom. The van der Waals surface area contributed by atoms with Crippen LogP contribution in [0.5, 0.6) is 0 Å². The first-order chi connectivity index (χ1) is 20.3. The van der Waals surface area contributed by atoms with E-state index in [9.17, 15) is 19.2 Å². The average Bonchev–Trinajstić information content (AvgIpc) is 3.41. The van der Waals surface area contributed by atoms with E-state index in [1.54, 1.807) is 18.6 Å². The third kappa shape index (κ3) is 11.8. The molecule has 0 unspecified atom stereocenters. The number of hydrogen-bond donors (Lipinski definition) is 3. The number of nitrogens with one attached hydrogen (secondary N) is 3. The number of rotatable bonds is 17. The van der Waals surface area contributed by atoms with E-state index in [2.05, 4.69) is 45.9 Å². The van der Waals surface area contributed by atoms with Crippen LogP contribution in [0.1, 0.15) is 43.3 Å². The molecular weight excluding hydrogens is 542 g/mol. The molecule has 3 N–H and O–H groups in total. The molecule has 3 amide bonds. The van der Waals surface area contributed by atoms with Crippen molar-refractivity contribution in [3.05, 3.63) is 72.1 Å². The number of carbonyl (C=O) groups excluding carboxylic acids is 4. The molecule has 3 heterocycles. The van der Waals surface area contributed by atoms with Crippen LogP contribution < -0.4 is 16.0 Å². The molecule has 0 radical (unpaired) electrons. The van der Waals surface area contributed by atoms with E-state index in [1.165, 1.54) is 18.7 Å². The average molecular weight is 580 g/mol. The lowest BCUT2D eigenvalue weighted by atomic mass is 10.1. The zero-order chi connectivity index (χ0) is 30.2. The van der Waals surface area contributed by atoms with Gasteiger partial charge >= 0.3 is 5.97 Å². The molecule has 0 aromatic carbocycles. The van der Waals surface area contributed by atoms with Gasteiger partial charge in [-0.25, -0.2) is 4.68 Å². The second-order valence-corrected chi connectivity index (χ2v) is 9.59. The maximum absolute atomic E-state index is 12.5. The van der Waals surface area contributed by atoms with Crippen LogP contribution in [0.25, 0.3) is 0 Å². The van der Waals surface area contributed by atoms with Gasteiger partial charge in [0.1, 0.15) is 19.1 Å². The lowest BCUT2D eigenvalue weighted by Gasteiger charge is -2.20. The van der Waals surface area contributed by atoms with Crippen LogP contribution in [0.3, 0.4) is 0 Å². The van der Waals surface area contributed by atoms with E-state index in [0.29, 0.717) is 51.1 Å². The Morgan fingerprint density at radius 1 is 0.929 bits per heavy atom. The minimum atomic E-state index is -0.786. The predicted molar refractivity (Wildman–Crippen MR) is 151 cm³/mol. The van der Waals surface area contributed by atoms with Crippen molar-refractivity contribution in [1.82, 2.24) is 45.8 Å². The molecule has 0 bridgehead atoms. The maximum Gasteiger partial charge on any atom is 0.325 e. The number of unbranched alkanes of at least 4 members (excludes halogenated alkanes) is 1. The van der Waals surface area contributed by atoms with Crippen LogP contribution in [0, 0.1) is 0 Å². The Morgan fingerprint density at radius 2 is 1.60 bits per heavy atom. The second kappa shape index (κ2) is 17.2. The summed E-state index contributed by atoms with van der Waals surface area (Å²) < 4.78 is 5.99. The molecule has 0 spiro atoms. The molecule has 14 nitrogen and oxygen atoms in total. The van der Waals surface area contributed by atoms with E-state index in [4.69, 9.17) is 0 Å². The van der Waals surface area contributed by atoms with Gasteiger partial charge < -0.3 is 20.7 Å². The summed E-state index contributed by atoms with van der Waals surface area (Å²) in [5.41, 5.74) is 2.56. The van der Waals surface area contributed by atoms with Crippen molar-refractivity contribution in [2.24, 2.45) is 0 Å². The van der Waals surface area contributed by atoms with Crippen LogP contribution in [0.4, 0.5) is 0 Å². The number of nitrogens with zero attached hydrogens (tertiary/aromatic N) is 6. The first-order valence-corrected chi connectivity index (χ1v) is 13.6. The molecule has 1 atom stereocenters. The van der Waals surface area contributed by atoms with Crippen LogP contribution in [0.2, 0.25) is 0 Å². The minimum Gasteiger partial charge on any atom is -0.468 e. The molecule has 3 aromatic heterocycles. The van der Waals surface area contributed by atoms with Crippen molar-refractivity contribution in [3.8, 4) is 0 Å². The fourth-order valence-electron chi connectivity index (χ4n) is 4.10. The van der Waals surface area contributed by atoms with E-state index in [1.807, 2.05) is 36.4 Å². The summed E-state index contributed by atoms with van der Waals surface area (Å²) in [5, 5.41) is 16.2. The van der Waals surface area contributed by atoms with Gasteiger partial charge in [0, 0.05) is 45.5 Å². The van der Waals surface area contributed by atoms with Gasteiger partial charge in [-0.15, -0.1) is 5.10 Å². The summed E-state index contributed by atoms with van der Waals surface area (Å²) in [4.78, 5) is 58.5. The molecule has 3 rings (SSSR count). The summed E-state index contributed by atoms with van der Waals surface area (Å²) in [6.07, 6.45) is 6.76. The topological polar surface area (TPSA) is 173 Å². The molecule has 0 aliphatic carbocycles. The molecule has 0 aliphatic rings. The summed E-state index contributed by atoms with van der Waals surface area (Å²) in [6.45, 7) is 3.13. The quantitative estimate of drug-likeness (QED) is 0.150. The van der Waals surface area contributed by atoms with Crippen LogP contribution in [0.15, 0.2) is 55.0 Å². The number of esters is 1. The Bertz CT molecular complexity index is 1250. The summed E-state index contributed by atoms with van der Waals surface area (Å²) >= 11 is 0. The van der Waals surface area contributed by atoms with Gasteiger partial charge in [-0.3, -0.25) is 34.0 Å². The molecule has 0 fully saturated rings. The molecule has 224 valence electrons. The highest BCUT2D eigenvalue weighted by Gasteiger charge is 2.20. The minimum absolute atomic E-state index is 0.0118. The van der Waals surface area contributed by atoms with E-state index >= 15 is 0 Å². The zero-order valence-corrected chi connectivity index (χ0v) is 23.9. The summed E-state index contributed by atoms with van der Waals surface area (Å²) in [6, 6.07) is 10.8. The van der Waals surface area contributed by atoms with Crippen molar-refractivity contribution in [2.45, 2.75) is 58.4 Å². The zero-order valence-electron chi connectivity index (χ0n) is 23.9. The number of hydrogen-bond acceptors (Lipinski definition) is 10. The Balaban J connectivity index is 1.43. The standard InChI is InChI=1S/C28H37N9O5/c1-21(38)33-25(28(41)32-15-27(40)42-2)11-5-8-14-31-26(39)20-37-19-24(34-35-37)18-36(16-22-9-3-6-12-29-22)17-23-10-4-7-13-30-23/h3-4,6-7,9-10,12-13,19,25H,5,8,11,14-18,20H2,1-2H3,(H,31,39)(H,32,41)(H,33,38)/t25-/m0/s1. The number of aromatic nitrogens is 5. The largest absolute Gasteiger partial charge is 0.468 e. The third-order valence-electron chi connectivity index (χ3n) is 6.07. The highest BCUT2D eigenvalue weighted by atomic mass is 16.5. The van der Waals surface area contributed by atoms with Gasteiger partial charge in [-0.2, -0.15) is 0 Å². The predicted octanol–water partition coefficient (Wildman–Crippen LogP) is 0.351. The third-order valence-corrected chi connectivity index (χ3v) is 6.07. The number of ether oxygens (including phenoxy) is 1. The number of methoxy groups -OCH3 is 1. The molecule has 0 aliphatic heterocycles. The Kier molecular flexibility index (Phi) is 13.0. The van der Waals surface area contributed by atoms with E-state index < -0.39 is 17.9 Å². The number of amides is 3. The lowest BCUT2D eigenvalue weighted by Crippen LogP contribution is -2.47. The van der Waals surface area contributed by atoms with Crippen LogP contribution in [-0.4, -0.2) is 79.8 Å². The van der Waals surface area contributed by atoms with Crippen molar-refractivity contribution in [1.29, 1.82) is 0 Å². The smallest absolute Gasteiger partial charge is 0.325 e. The first-order valence-electron chi connectivity index (χ1n) is 13.6. The molecule has 0 saturated heterocycles. The van der Waals surface area contributed by atoms with Crippen molar-refractivity contribution < 1.29 is 23.9 Å². The van der Waals surface area contributed by atoms with Gasteiger partial charge in [0.15, 0.2) is 0 Å². The number of pyridine rings is 2. The molecule has 0 saturated carbocycles. The maximum atomic E-state index is 12.5. The monoisotopic (exact) mass is 579 g/mol. The van der Waals surface area contributed by atoms with Crippen molar-refractivity contribution in [3.63, 3.8) is 0 Å². The fraction of sp³-hybridized carbons (Fsp3) is 0.429. The van der Waals surface area contributed by atoms with E-state index in [-0.39, 0.29) is 24.9 Å². The highest BCUT2D eigenvalue weighted by molar-refractivity contribution is 5.89. The molecule has 42 heavy (non-hydrogen) atoms. The highest BCUT2D eigenvalue weighted by Crippen LogP contribution is 2.11. The Hall–Kier alpha value is -4.72. The normalized spacial score (nSPS) is 11.5. The van der Waals surface area contributed by atoms with Crippen molar-refractivity contribution >= 4 is 23.7 Å². The van der Waals surface area contributed by atoms with Crippen LogP contribution in [-0.2, 0) is 50.1 Å². The van der Waals surface area contributed by atoms with Gasteiger partial charge in [0.05, 0.1) is 30.4 Å². The lowest BCUT2D eigenvalue weighted by molar-refractivity contribution is -0.141. The van der Waals surface area contributed by atoms with Gasteiger partial charge in [-0.05, 0) is 43.5 Å². The summed E-state index contributed by atoms with van der Waals surface area (Å²) in [5.74, 6) is -1.64. The molecule has 3 aromatic rings. The van der Waals surface area contributed by atoms with Gasteiger partial charge in [-0.1, -0.05) is 17.3 Å². The summed E-state index contributed by atoms with van der Waals surface area (Å²) in [7, 11) is 1.22. The van der Waals surface area contributed by atoms with Crippen LogP contribution >= 0.6 is 0 Å². The fourth-order valence-corrected chi connectivity index (χ4v) is 4.10.